The van der Waals surface area contributed by atoms with Gasteiger partial charge >= 0.3 is 5.97 Å². The van der Waals surface area contributed by atoms with Gasteiger partial charge in [0.15, 0.2) is 16.3 Å². The van der Waals surface area contributed by atoms with E-state index in [2.05, 4.69) is 66.1 Å². The lowest BCUT2D eigenvalue weighted by Gasteiger charge is -2.26. The van der Waals surface area contributed by atoms with Gasteiger partial charge in [0.2, 0.25) is 0 Å². The highest BCUT2D eigenvalue weighted by molar-refractivity contribution is 14.1. The molecule has 0 radical (unpaired) electrons. The molecule has 12 heteroatoms. The van der Waals surface area contributed by atoms with Crippen LogP contribution < -0.4 is 29.1 Å². The molecule has 218 valence electrons. The molecule has 3 aromatic rings. The Labute approximate surface area is 277 Å². The Morgan fingerprint density at radius 3 is 2.41 bits per heavy atom. The molecule has 1 aliphatic heterocycles. The molecule has 1 aliphatic rings. The summed E-state index contributed by atoms with van der Waals surface area (Å²) in [5.74, 6) is 1.32. The Morgan fingerprint density at radius 1 is 1.15 bits per heavy atom. The van der Waals surface area contributed by atoms with E-state index in [-0.39, 0.29) is 23.8 Å². The number of nitrogens with zero attached hydrogens (tertiary/aromatic N) is 2. The minimum absolute atomic E-state index is 0.0453. The third-order valence-corrected chi connectivity index (χ3v) is 9.34. The first-order chi connectivity index (χ1) is 19.5. The van der Waals surface area contributed by atoms with E-state index in [1.165, 1.54) is 11.3 Å². The molecule has 4 rings (SSSR count). The quantitative estimate of drug-likeness (QED) is 0.195. The van der Waals surface area contributed by atoms with E-state index < -0.39 is 12.0 Å². The van der Waals surface area contributed by atoms with Crippen LogP contribution >= 0.6 is 72.4 Å². The number of carbonyl (C=O) groups is 1. The largest absolute Gasteiger partial charge is 0.493 e. The van der Waals surface area contributed by atoms with Crippen molar-refractivity contribution in [3.63, 3.8) is 0 Å². The number of esters is 1. The zero-order chi connectivity index (χ0) is 30.0. The topological polar surface area (TPSA) is 88.4 Å². The zero-order valence-electron chi connectivity index (χ0n) is 23.3. The third kappa shape index (κ3) is 6.69. The van der Waals surface area contributed by atoms with Gasteiger partial charge in [-0.25, -0.2) is 9.79 Å². The predicted octanol–water partition coefficient (Wildman–Crippen LogP) is 5.96. The molecule has 0 unspecified atom stereocenters. The number of hydrogen-bond acceptors (Lipinski definition) is 8. The van der Waals surface area contributed by atoms with E-state index >= 15 is 0 Å². The lowest BCUT2D eigenvalue weighted by atomic mass is 9.95. The molecular weight excluding hydrogens is 838 g/mol. The second kappa shape index (κ2) is 13.6. The normalized spacial score (nSPS) is 15.1. The molecule has 2 heterocycles. The fourth-order valence-corrected chi connectivity index (χ4v) is 8.09. The van der Waals surface area contributed by atoms with Gasteiger partial charge in [-0.15, -0.1) is 0 Å². The summed E-state index contributed by atoms with van der Waals surface area (Å²) in [6, 6.07) is 6.75. The van der Waals surface area contributed by atoms with Crippen LogP contribution in [0.25, 0.3) is 6.08 Å². The smallest absolute Gasteiger partial charge is 0.338 e. The van der Waals surface area contributed by atoms with Gasteiger partial charge in [0.25, 0.3) is 5.56 Å². The lowest BCUT2D eigenvalue weighted by Crippen LogP contribution is -2.40. The van der Waals surface area contributed by atoms with Crippen molar-refractivity contribution in [2.75, 3.05) is 20.3 Å². The van der Waals surface area contributed by atoms with E-state index in [9.17, 15) is 9.59 Å². The van der Waals surface area contributed by atoms with Crippen molar-refractivity contribution in [2.45, 2.75) is 46.8 Å². The van der Waals surface area contributed by atoms with Crippen molar-refractivity contribution in [3.05, 3.63) is 78.0 Å². The number of fused-ring (bicyclic) bond motifs is 1. The van der Waals surface area contributed by atoms with E-state index in [0.29, 0.717) is 43.2 Å². The Kier molecular flexibility index (Phi) is 10.6. The molecule has 0 amide bonds. The molecule has 0 N–H and O–H groups in total. The summed E-state index contributed by atoms with van der Waals surface area (Å²) in [5.41, 5.74) is 2.02. The number of thiazole rings is 1. The van der Waals surface area contributed by atoms with E-state index in [4.69, 9.17) is 18.9 Å². The maximum Gasteiger partial charge on any atom is 0.338 e. The molecule has 41 heavy (non-hydrogen) atoms. The van der Waals surface area contributed by atoms with Crippen LogP contribution in [-0.4, -0.2) is 37.0 Å². The van der Waals surface area contributed by atoms with Crippen molar-refractivity contribution in [1.82, 2.24) is 4.57 Å². The second-order valence-corrected chi connectivity index (χ2v) is 13.4. The molecular formula is C29H29BrI2N2O6S. The van der Waals surface area contributed by atoms with Crippen molar-refractivity contribution in [1.29, 1.82) is 0 Å². The van der Waals surface area contributed by atoms with Crippen LogP contribution in [0.15, 0.2) is 49.8 Å². The standard InChI is InChI=1S/C29H29BrI2N2O6S/c1-7-38-22-13-18(30)17(12-21(22)37-6)25-24(28(36)39-8-2)15(5)33-29-34(25)27(35)23(41-29)11-16-9-19(31)26(20(32)10-16)40-14(3)4/h9-14,25H,7-8H2,1-6H3/b23-11+/t25-/m0/s1. The number of carbonyl (C=O) groups excluding carboxylic acids is 1. The average molecular weight is 867 g/mol. The van der Waals surface area contributed by atoms with Crippen LogP contribution in [-0.2, 0) is 9.53 Å². The van der Waals surface area contributed by atoms with Crippen LogP contribution in [0.5, 0.6) is 17.2 Å². The summed E-state index contributed by atoms with van der Waals surface area (Å²) in [7, 11) is 1.55. The first-order valence-electron chi connectivity index (χ1n) is 12.9. The van der Waals surface area contributed by atoms with Crippen LogP contribution in [0.3, 0.4) is 0 Å². The van der Waals surface area contributed by atoms with E-state index in [1.807, 2.05) is 39.0 Å². The van der Waals surface area contributed by atoms with Gasteiger partial charge < -0.3 is 18.9 Å². The Hall–Kier alpha value is -1.91. The molecule has 0 spiro atoms. The minimum Gasteiger partial charge on any atom is -0.493 e. The molecule has 1 aromatic heterocycles. The highest BCUT2D eigenvalue weighted by Crippen LogP contribution is 2.41. The SMILES string of the molecule is CCOC(=O)C1=C(C)N=c2s/c(=C/c3cc(I)c(OC(C)C)c(I)c3)c(=O)n2[C@H]1c1cc(OC)c(OCC)cc1Br. The second-order valence-electron chi connectivity index (χ2n) is 9.24. The van der Waals surface area contributed by atoms with Gasteiger partial charge in [-0.2, -0.15) is 0 Å². The van der Waals surface area contributed by atoms with Crippen LogP contribution in [0.4, 0.5) is 0 Å². The fourth-order valence-electron chi connectivity index (χ4n) is 4.44. The third-order valence-electron chi connectivity index (χ3n) is 6.07. The van der Waals surface area contributed by atoms with Crippen molar-refractivity contribution in [3.8, 4) is 17.2 Å². The van der Waals surface area contributed by atoms with Gasteiger partial charge in [-0.1, -0.05) is 27.3 Å². The molecule has 0 fully saturated rings. The molecule has 0 saturated heterocycles. The Bertz CT molecular complexity index is 1690. The highest BCUT2D eigenvalue weighted by Gasteiger charge is 2.35. The van der Waals surface area contributed by atoms with E-state index in [0.717, 1.165) is 18.5 Å². The molecule has 0 bridgehead atoms. The highest BCUT2D eigenvalue weighted by atomic mass is 127. The monoisotopic (exact) mass is 866 g/mol. The number of aromatic nitrogens is 1. The van der Waals surface area contributed by atoms with Crippen LogP contribution in [0.1, 0.15) is 51.8 Å². The number of ether oxygens (including phenoxy) is 4. The summed E-state index contributed by atoms with van der Waals surface area (Å²) in [6.07, 6.45) is 1.89. The van der Waals surface area contributed by atoms with E-state index in [1.54, 1.807) is 37.7 Å². The number of hydrogen-bond donors (Lipinski definition) is 0. The number of benzene rings is 2. The van der Waals surface area contributed by atoms with Gasteiger partial charge in [-0.05, 0) is 121 Å². The first kappa shape index (κ1) is 32.0. The molecule has 0 saturated carbocycles. The Morgan fingerprint density at radius 2 is 1.83 bits per heavy atom. The molecule has 1 atom stereocenters. The average Bonchev–Trinajstić information content (AvgIpc) is 3.20. The number of rotatable bonds is 9. The summed E-state index contributed by atoms with van der Waals surface area (Å²) < 4.78 is 27.3. The van der Waals surface area contributed by atoms with Gasteiger partial charge in [0.05, 0.1) is 55.4 Å². The van der Waals surface area contributed by atoms with Gasteiger partial charge in [0, 0.05) is 4.47 Å². The summed E-state index contributed by atoms with van der Waals surface area (Å²) in [4.78, 5) is 32.5. The summed E-state index contributed by atoms with van der Waals surface area (Å²) in [5, 5.41) is 0. The molecule has 0 aliphatic carbocycles. The van der Waals surface area contributed by atoms with Crippen molar-refractivity contribution in [2.24, 2.45) is 4.99 Å². The molecule has 2 aromatic carbocycles. The van der Waals surface area contributed by atoms with Gasteiger partial charge in [0.1, 0.15) is 5.75 Å². The maximum atomic E-state index is 14.1. The predicted molar refractivity (Wildman–Crippen MR) is 180 cm³/mol. The fraction of sp³-hybridized carbons (Fsp3) is 0.345. The van der Waals surface area contributed by atoms with Crippen LogP contribution in [0.2, 0.25) is 0 Å². The van der Waals surface area contributed by atoms with Crippen LogP contribution in [0, 0.1) is 7.14 Å². The number of methoxy groups -OCH3 is 1. The first-order valence-corrected chi connectivity index (χ1v) is 16.6. The van der Waals surface area contributed by atoms with Crippen molar-refractivity contribution < 1.29 is 23.7 Å². The number of allylic oxidation sites excluding steroid dienone is 1. The van der Waals surface area contributed by atoms with Crippen molar-refractivity contribution >= 4 is 84.5 Å². The van der Waals surface area contributed by atoms with Gasteiger partial charge in [-0.3, -0.25) is 9.36 Å². The summed E-state index contributed by atoms with van der Waals surface area (Å²) >= 11 is 9.43. The minimum atomic E-state index is -0.798. The Balaban J connectivity index is 1.96. The summed E-state index contributed by atoms with van der Waals surface area (Å²) in [6.45, 7) is 10.0. The zero-order valence-corrected chi connectivity index (χ0v) is 30.1. The maximum absolute atomic E-state index is 14.1. The number of halogens is 3. The lowest BCUT2D eigenvalue weighted by molar-refractivity contribution is -0.139. The molecule has 8 nitrogen and oxygen atoms in total.